The van der Waals surface area contributed by atoms with Crippen molar-refractivity contribution in [2.45, 2.75) is 6.54 Å². The molecular weight excluding hydrogens is 564 g/mol. The van der Waals surface area contributed by atoms with Crippen LogP contribution in [0.25, 0.3) is 17.0 Å². The van der Waals surface area contributed by atoms with Crippen molar-refractivity contribution in [2.75, 3.05) is 19.0 Å². The molecule has 2 N–H and O–H groups in total. The van der Waals surface area contributed by atoms with Crippen molar-refractivity contribution in [3.8, 4) is 0 Å². The van der Waals surface area contributed by atoms with Crippen LogP contribution in [-0.2, 0) is 20.9 Å². The van der Waals surface area contributed by atoms with Crippen molar-refractivity contribution >= 4 is 62.4 Å². The molecule has 1 saturated heterocycles. The van der Waals surface area contributed by atoms with E-state index in [1.807, 2.05) is 41.1 Å². The second-order valence-electron chi connectivity index (χ2n) is 8.86. The van der Waals surface area contributed by atoms with Crippen LogP contribution < -0.4 is 10.6 Å². The standard InChI is InChI=1S/C29H23BrN4O5/c1-39-28(37)19-6-4-5-18(13-19)15-33-16-20(23-7-2-3-8-25(23)33)14-24-27(36)34(29(38)32-24)17-26(35)31-22-11-9-21(30)10-12-22/h2-14,16H,15,17H2,1H3,(H,31,35)(H,32,38)/b24-14-. The lowest BCUT2D eigenvalue weighted by atomic mass is 10.1. The van der Waals surface area contributed by atoms with Gasteiger partial charge in [0, 0.05) is 39.4 Å². The third-order valence-corrected chi connectivity index (χ3v) is 6.74. The fourth-order valence-electron chi connectivity index (χ4n) is 4.38. The second-order valence-corrected chi connectivity index (χ2v) is 9.77. The first-order chi connectivity index (χ1) is 18.8. The van der Waals surface area contributed by atoms with Gasteiger partial charge in [-0.25, -0.2) is 14.5 Å². The Kier molecular flexibility index (Phi) is 7.29. The molecule has 196 valence electrons. The van der Waals surface area contributed by atoms with Crippen molar-refractivity contribution in [1.29, 1.82) is 0 Å². The summed E-state index contributed by atoms with van der Waals surface area (Å²) in [7, 11) is 1.34. The minimum Gasteiger partial charge on any atom is -0.465 e. The zero-order valence-electron chi connectivity index (χ0n) is 20.8. The molecule has 0 radical (unpaired) electrons. The molecule has 1 aromatic heterocycles. The smallest absolute Gasteiger partial charge is 0.337 e. The van der Waals surface area contributed by atoms with Crippen LogP contribution in [0.15, 0.2) is 89.2 Å². The van der Waals surface area contributed by atoms with E-state index in [0.717, 1.165) is 31.4 Å². The summed E-state index contributed by atoms with van der Waals surface area (Å²) in [5, 5.41) is 6.14. The Morgan fingerprint density at radius 1 is 1.03 bits per heavy atom. The number of para-hydroxylation sites is 1. The van der Waals surface area contributed by atoms with Crippen LogP contribution in [0, 0.1) is 0 Å². The molecule has 2 heterocycles. The monoisotopic (exact) mass is 586 g/mol. The van der Waals surface area contributed by atoms with Crippen molar-refractivity contribution < 1.29 is 23.9 Å². The number of benzene rings is 3. The maximum Gasteiger partial charge on any atom is 0.337 e. The topological polar surface area (TPSA) is 110 Å². The fourth-order valence-corrected chi connectivity index (χ4v) is 4.64. The van der Waals surface area contributed by atoms with Crippen molar-refractivity contribution in [3.05, 3.63) is 106 Å². The van der Waals surface area contributed by atoms with E-state index < -0.39 is 30.4 Å². The first-order valence-corrected chi connectivity index (χ1v) is 12.8. The average Bonchev–Trinajstić information content (AvgIpc) is 3.41. The molecule has 1 aliphatic heterocycles. The number of rotatable bonds is 7. The molecule has 0 bridgehead atoms. The van der Waals surface area contributed by atoms with Gasteiger partial charge < -0.3 is 19.9 Å². The number of carbonyl (C=O) groups excluding carboxylic acids is 4. The lowest BCUT2D eigenvalue weighted by Crippen LogP contribution is -2.38. The molecule has 0 unspecified atom stereocenters. The van der Waals surface area contributed by atoms with Gasteiger partial charge in [-0.1, -0.05) is 46.3 Å². The third kappa shape index (κ3) is 5.60. The highest BCUT2D eigenvalue weighted by Gasteiger charge is 2.35. The Morgan fingerprint density at radius 3 is 2.56 bits per heavy atom. The van der Waals surface area contributed by atoms with E-state index in [4.69, 9.17) is 4.74 Å². The Balaban J connectivity index is 1.37. The van der Waals surface area contributed by atoms with E-state index in [1.54, 1.807) is 48.5 Å². The first-order valence-electron chi connectivity index (χ1n) is 12.0. The van der Waals surface area contributed by atoms with E-state index in [-0.39, 0.29) is 5.70 Å². The van der Waals surface area contributed by atoms with Crippen LogP contribution in [-0.4, -0.2) is 46.9 Å². The molecule has 1 aliphatic rings. The lowest BCUT2D eigenvalue weighted by molar-refractivity contribution is -0.127. The average molecular weight is 587 g/mol. The SMILES string of the molecule is COC(=O)c1cccc(Cn2cc(/C=C3\NC(=O)N(CC(=O)Nc4ccc(Br)cc4)C3=O)c3ccccc32)c1. The minimum absolute atomic E-state index is 0.0760. The van der Waals surface area contributed by atoms with Gasteiger partial charge in [0.2, 0.25) is 5.91 Å². The molecule has 0 saturated carbocycles. The van der Waals surface area contributed by atoms with Gasteiger partial charge in [-0.15, -0.1) is 0 Å². The fraction of sp³-hybridized carbons (Fsp3) is 0.103. The molecule has 1 fully saturated rings. The predicted octanol–water partition coefficient (Wildman–Crippen LogP) is 4.77. The summed E-state index contributed by atoms with van der Waals surface area (Å²) in [4.78, 5) is 50.9. The molecule has 4 amide bonds. The van der Waals surface area contributed by atoms with Gasteiger partial charge >= 0.3 is 12.0 Å². The summed E-state index contributed by atoms with van der Waals surface area (Å²) in [6, 6.07) is 21.2. The predicted molar refractivity (Wildman–Crippen MR) is 150 cm³/mol. The number of carbonyl (C=O) groups is 4. The molecule has 0 aliphatic carbocycles. The summed E-state index contributed by atoms with van der Waals surface area (Å²) in [6.45, 7) is 0.0492. The van der Waals surface area contributed by atoms with E-state index in [0.29, 0.717) is 17.8 Å². The molecule has 4 aromatic rings. The molecule has 0 spiro atoms. The zero-order valence-corrected chi connectivity index (χ0v) is 22.4. The Labute approximate surface area is 232 Å². The maximum atomic E-state index is 13.1. The molecule has 3 aromatic carbocycles. The van der Waals surface area contributed by atoms with Crippen LogP contribution in [0.3, 0.4) is 0 Å². The second kappa shape index (κ2) is 11.0. The number of amides is 4. The number of imide groups is 1. The quantitative estimate of drug-likeness (QED) is 0.184. The molecule has 5 rings (SSSR count). The lowest BCUT2D eigenvalue weighted by Gasteiger charge is -2.12. The number of methoxy groups -OCH3 is 1. The van der Waals surface area contributed by atoms with Gasteiger partial charge in [-0.3, -0.25) is 9.59 Å². The summed E-state index contributed by atoms with van der Waals surface area (Å²) in [5.74, 6) is -1.49. The maximum absolute atomic E-state index is 13.1. The normalized spacial score (nSPS) is 14.1. The number of halogens is 1. The number of nitrogens with one attached hydrogen (secondary N) is 2. The molecule has 9 nitrogen and oxygen atoms in total. The zero-order chi connectivity index (χ0) is 27.5. The van der Waals surface area contributed by atoms with Gasteiger partial charge in [0.05, 0.1) is 12.7 Å². The van der Waals surface area contributed by atoms with Crippen molar-refractivity contribution in [2.24, 2.45) is 0 Å². The number of nitrogens with zero attached hydrogens (tertiary/aromatic N) is 2. The number of hydrogen-bond donors (Lipinski definition) is 2. The molecule has 10 heteroatoms. The number of aromatic nitrogens is 1. The van der Waals surface area contributed by atoms with Gasteiger partial charge in [0.1, 0.15) is 12.2 Å². The van der Waals surface area contributed by atoms with Gasteiger partial charge in [-0.05, 0) is 54.1 Å². The Hall–Kier alpha value is -4.70. The Bertz CT molecular complexity index is 1640. The third-order valence-electron chi connectivity index (χ3n) is 6.21. The highest BCUT2D eigenvalue weighted by atomic mass is 79.9. The summed E-state index contributed by atoms with van der Waals surface area (Å²) in [6.07, 6.45) is 3.49. The van der Waals surface area contributed by atoms with Gasteiger partial charge in [0.25, 0.3) is 5.91 Å². The van der Waals surface area contributed by atoms with Crippen LogP contribution in [0.5, 0.6) is 0 Å². The summed E-state index contributed by atoms with van der Waals surface area (Å²) >= 11 is 3.33. The van der Waals surface area contributed by atoms with Crippen LogP contribution >= 0.6 is 15.9 Å². The Morgan fingerprint density at radius 2 is 1.79 bits per heavy atom. The minimum atomic E-state index is -0.666. The number of ether oxygens (including phenoxy) is 1. The summed E-state index contributed by atoms with van der Waals surface area (Å²) < 4.78 is 7.69. The first kappa shape index (κ1) is 25.9. The molecular formula is C29H23BrN4O5. The molecule has 0 atom stereocenters. The van der Waals surface area contributed by atoms with E-state index in [2.05, 4.69) is 26.6 Å². The number of anilines is 1. The van der Waals surface area contributed by atoms with Crippen LogP contribution in [0.4, 0.5) is 10.5 Å². The highest BCUT2D eigenvalue weighted by Crippen LogP contribution is 2.26. The number of urea groups is 1. The van der Waals surface area contributed by atoms with E-state index >= 15 is 0 Å². The summed E-state index contributed by atoms with van der Waals surface area (Å²) in [5.41, 5.74) is 3.61. The van der Waals surface area contributed by atoms with Gasteiger partial charge in [0.15, 0.2) is 0 Å². The number of fused-ring (bicyclic) bond motifs is 1. The van der Waals surface area contributed by atoms with Crippen molar-refractivity contribution in [3.63, 3.8) is 0 Å². The van der Waals surface area contributed by atoms with Crippen LogP contribution in [0.2, 0.25) is 0 Å². The largest absolute Gasteiger partial charge is 0.465 e. The number of hydrogen-bond acceptors (Lipinski definition) is 5. The van der Waals surface area contributed by atoms with E-state index in [9.17, 15) is 19.2 Å². The van der Waals surface area contributed by atoms with E-state index in [1.165, 1.54) is 7.11 Å². The van der Waals surface area contributed by atoms with Crippen molar-refractivity contribution in [1.82, 2.24) is 14.8 Å². The van der Waals surface area contributed by atoms with Gasteiger partial charge in [-0.2, -0.15) is 0 Å². The van der Waals surface area contributed by atoms with Crippen LogP contribution in [0.1, 0.15) is 21.5 Å². The molecule has 39 heavy (non-hydrogen) atoms. The number of esters is 1. The highest BCUT2D eigenvalue weighted by molar-refractivity contribution is 9.10.